The molecule has 0 saturated heterocycles. The van der Waals surface area contributed by atoms with Gasteiger partial charge in [0.25, 0.3) is 0 Å². The van der Waals surface area contributed by atoms with Crippen LogP contribution in [0.2, 0.25) is 0 Å². The van der Waals surface area contributed by atoms with Gasteiger partial charge in [0.1, 0.15) is 0 Å². The van der Waals surface area contributed by atoms with Crippen molar-refractivity contribution in [1.29, 1.82) is 0 Å². The smallest absolute Gasteiger partial charge is 0.432 e. The predicted molar refractivity (Wildman–Crippen MR) is 78.9 cm³/mol. The Hall–Kier alpha value is -2.08. The summed E-state index contributed by atoms with van der Waals surface area (Å²) in [5.41, 5.74) is 1.30. The Bertz CT molecular complexity index is 454. The van der Waals surface area contributed by atoms with Crippen LogP contribution in [0.1, 0.15) is 54.9 Å². The summed E-state index contributed by atoms with van der Waals surface area (Å²) >= 11 is 0. The first-order chi connectivity index (χ1) is 10.6. The van der Waals surface area contributed by atoms with Gasteiger partial charge in [-0.15, -0.1) is 0 Å². The van der Waals surface area contributed by atoms with E-state index in [1.165, 1.54) is 6.42 Å². The van der Waals surface area contributed by atoms with Crippen molar-refractivity contribution in [2.75, 3.05) is 6.61 Å². The molecule has 0 radical (unpaired) electrons. The summed E-state index contributed by atoms with van der Waals surface area (Å²) < 4.78 is 4.75. The van der Waals surface area contributed by atoms with Crippen molar-refractivity contribution < 1.29 is 29.1 Å². The zero-order valence-electron chi connectivity index (χ0n) is 13.0. The lowest BCUT2D eigenvalue weighted by Crippen LogP contribution is -2.12. The fraction of sp³-hybridized carbons (Fsp3) is 0.500. The number of carbonyl (C=O) groups excluding carboxylic acids is 2. The molecule has 1 aromatic carbocycles. The van der Waals surface area contributed by atoms with Gasteiger partial charge in [0.15, 0.2) is 0 Å². The van der Waals surface area contributed by atoms with Crippen LogP contribution in [-0.4, -0.2) is 18.7 Å². The monoisotopic (exact) mass is 310 g/mol. The van der Waals surface area contributed by atoms with E-state index in [2.05, 4.69) is 21.7 Å². The van der Waals surface area contributed by atoms with Crippen LogP contribution < -0.4 is 0 Å². The van der Waals surface area contributed by atoms with Gasteiger partial charge in [-0.2, -0.15) is 0 Å². The number of hydrogen-bond acceptors (Lipinski definition) is 6. The second-order valence-corrected chi connectivity index (χ2v) is 4.90. The minimum absolute atomic E-state index is 0.248. The van der Waals surface area contributed by atoms with Crippen LogP contribution in [0.15, 0.2) is 24.3 Å². The van der Waals surface area contributed by atoms with E-state index >= 15 is 0 Å². The zero-order chi connectivity index (χ0) is 16.2. The summed E-state index contributed by atoms with van der Waals surface area (Å²) in [6.45, 7) is 4.27. The van der Waals surface area contributed by atoms with Crippen molar-refractivity contribution in [3.05, 3.63) is 35.4 Å². The molecule has 22 heavy (non-hydrogen) atoms. The van der Waals surface area contributed by atoms with E-state index in [0.29, 0.717) is 5.56 Å². The summed E-state index contributed by atoms with van der Waals surface area (Å²) in [7, 11) is 0. The first kappa shape index (κ1) is 18.0. The normalized spacial score (nSPS) is 10.1. The van der Waals surface area contributed by atoms with Crippen LogP contribution in [0.25, 0.3) is 0 Å². The fourth-order valence-corrected chi connectivity index (χ4v) is 1.70. The molecule has 0 aromatic heterocycles. The Morgan fingerprint density at radius 3 is 2.32 bits per heavy atom. The number of aryl methyl sites for hydroxylation is 1. The Labute approximate surface area is 130 Å². The molecule has 0 amide bonds. The van der Waals surface area contributed by atoms with Crippen molar-refractivity contribution in [3.8, 4) is 0 Å². The van der Waals surface area contributed by atoms with Gasteiger partial charge in [-0.05, 0) is 25.5 Å². The largest absolute Gasteiger partial charge is 0.543 e. The number of rotatable bonds is 9. The third kappa shape index (κ3) is 7.64. The Morgan fingerprint density at radius 2 is 1.64 bits per heavy atom. The first-order valence-electron chi connectivity index (χ1n) is 7.42. The summed E-state index contributed by atoms with van der Waals surface area (Å²) in [6, 6.07) is 6.67. The van der Waals surface area contributed by atoms with Gasteiger partial charge in [0, 0.05) is 0 Å². The van der Waals surface area contributed by atoms with Crippen LogP contribution in [0.3, 0.4) is 0 Å². The lowest BCUT2D eigenvalue weighted by Gasteiger charge is -2.04. The zero-order valence-corrected chi connectivity index (χ0v) is 13.0. The van der Waals surface area contributed by atoms with Crippen molar-refractivity contribution in [1.82, 2.24) is 0 Å². The van der Waals surface area contributed by atoms with E-state index in [4.69, 9.17) is 4.74 Å². The Balaban J connectivity index is 2.09. The summed E-state index contributed by atoms with van der Waals surface area (Å²) in [5, 5.41) is 4.11. The highest BCUT2D eigenvalue weighted by Crippen LogP contribution is 2.06. The van der Waals surface area contributed by atoms with E-state index in [9.17, 15) is 9.59 Å². The third-order valence-electron chi connectivity index (χ3n) is 2.97. The molecule has 1 aromatic rings. The number of hydrogen-bond donors (Lipinski definition) is 0. The molecule has 1 rings (SSSR count). The maximum atomic E-state index is 11.5. The van der Waals surface area contributed by atoms with Gasteiger partial charge in [0.2, 0.25) is 0 Å². The molecule has 0 saturated carbocycles. The van der Waals surface area contributed by atoms with Crippen molar-refractivity contribution in [3.63, 3.8) is 0 Å². The lowest BCUT2D eigenvalue weighted by molar-refractivity contribution is -0.452. The van der Waals surface area contributed by atoms with Crippen molar-refractivity contribution in [2.24, 2.45) is 0 Å². The van der Waals surface area contributed by atoms with Crippen molar-refractivity contribution >= 4 is 12.1 Å². The van der Waals surface area contributed by atoms with Gasteiger partial charge in [0.05, 0.1) is 17.2 Å². The molecule has 0 heterocycles. The Morgan fingerprint density at radius 1 is 0.955 bits per heavy atom. The number of unbranched alkanes of at least 4 members (excludes halogenated alkanes) is 4. The standard InChI is InChI=1S/C16H22O6/c1-3-4-5-6-7-12-19-16(18)21-22-20-15(17)14-10-8-13(2)9-11-14/h8-11H,3-7,12H2,1-2H3. The highest BCUT2D eigenvalue weighted by atomic mass is 17.5. The molecule has 0 spiro atoms. The van der Waals surface area contributed by atoms with Crippen LogP contribution in [0.4, 0.5) is 4.79 Å². The maximum absolute atomic E-state index is 11.5. The summed E-state index contributed by atoms with van der Waals surface area (Å²) in [5.74, 6) is -0.757. The minimum atomic E-state index is -1.04. The van der Waals surface area contributed by atoms with E-state index in [0.717, 1.165) is 31.2 Å². The number of carbonyl (C=O) groups is 2. The minimum Gasteiger partial charge on any atom is -0.432 e. The molecule has 6 heteroatoms. The molecule has 0 aliphatic carbocycles. The summed E-state index contributed by atoms with van der Waals surface area (Å²) in [6.07, 6.45) is 4.15. The Kier molecular flexibility index (Phi) is 8.67. The van der Waals surface area contributed by atoms with Crippen LogP contribution >= 0.6 is 0 Å². The van der Waals surface area contributed by atoms with Crippen LogP contribution in [0, 0.1) is 6.92 Å². The molecule has 122 valence electrons. The molecule has 6 nitrogen and oxygen atoms in total. The van der Waals surface area contributed by atoms with Crippen LogP contribution in [0.5, 0.6) is 0 Å². The van der Waals surface area contributed by atoms with Gasteiger partial charge in [-0.3, -0.25) is 4.89 Å². The van der Waals surface area contributed by atoms with Gasteiger partial charge in [-0.1, -0.05) is 50.3 Å². The number of ether oxygens (including phenoxy) is 1. The molecule has 0 fully saturated rings. The maximum Gasteiger partial charge on any atom is 0.543 e. The molecule has 0 aliphatic heterocycles. The molecular formula is C16H22O6. The fourth-order valence-electron chi connectivity index (χ4n) is 1.70. The highest BCUT2D eigenvalue weighted by molar-refractivity contribution is 5.88. The molecule has 0 atom stereocenters. The average Bonchev–Trinajstić information content (AvgIpc) is 2.51. The molecular weight excluding hydrogens is 288 g/mol. The lowest BCUT2D eigenvalue weighted by atomic mass is 10.2. The summed E-state index contributed by atoms with van der Waals surface area (Å²) in [4.78, 5) is 31.2. The van der Waals surface area contributed by atoms with Gasteiger partial charge >= 0.3 is 12.1 Å². The molecule has 0 N–H and O–H groups in total. The van der Waals surface area contributed by atoms with Gasteiger partial charge < -0.3 is 4.74 Å². The van der Waals surface area contributed by atoms with Crippen molar-refractivity contribution in [2.45, 2.75) is 46.0 Å². The van der Waals surface area contributed by atoms with E-state index in [1.54, 1.807) is 24.3 Å². The second kappa shape index (κ2) is 10.6. The van der Waals surface area contributed by atoms with Gasteiger partial charge in [-0.25, -0.2) is 14.5 Å². The molecule has 0 unspecified atom stereocenters. The van der Waals surface area contributed by atoms with E-state index < -0.39 is 12.1 Å². The average molecular weight is 310 g/mol. The highest BCUT2D eigenvalue weighted by Gasteiger charge is 2.11. The molecule has 0 aliphatic rings. The quantitative estimate of drug-likeness (QED) is 0.296. The van der Waals surface area contributed by atoms with Crippen LogP contribution in [-0.2, 0) is 19.6 Å². The van der Waals surface area contributed by atoms with E-state index in [-0.39, 0.29) is 6.61 Å². The topological polar surface area (TPSA) is 71.1 Å². The molecule has 0 bridgehead atoms. The predicted octanol–water partition coefficient (Wildman–Crippen LogP) is 4.12. The first-order valence-corrected chi connectivity index (χ1v) is 7.42. The second-order valence-electron chi connectivity index (χ2n) is 4.90. The third-order valence-corrected chi connectivity index (χ3v) is 2.97. The number of benzene rings is 1. The SMILES string of the molecule is CCCCCCCOC(=O)OOOC(=O)c1ccc(C)cc1. The van der Waals surface area contributed by atoms with E-state index in [1.807, 2.05) is 6.92 Å².